The lowest BCUT2D eigenvalue weighted by Gasteiger charge is -2.35. The summed E-state index contributed by atoms with van der Waals surface area (Å²) in [5, 5.41) is 3.35. The van der Waals surface area contributed by atoms with Gasteiger partial charge in [0.15, 0.2) is 0 Å². The highest BCUT2D eigenvalue weighted by Crippen LogP contribution is 2.38. The van der Waals surface area contributed by atoms with Gasteiger partial charge in [-0.3, -0.25) is 14.2 Å². The van der Waals surface area contributed by atoms with E-state index >= 15 is 0 Å². The van der Waals surface area contributed by atoms with Crippen LogP contribution in [0.15, 0.2) is 47.5 Å². The van der Waals surface area contributed by atoms with Gasteiger partial charge in [0.05, 0.1) is 12.0 Å². The van der Waals surface area contributed by atoms with E-state index in [9.17, 15) is 9.59 Å². The Kier molecular flexibility index (Phi) is 6.00. The van der Waals surface area contributed by atoms with Gasteiger partial charge >= 0.3 is 0 Å². The summed E-state index contributed by atoms with van der Waals surface area (Å²) in [6, 6.07) is 11.7. The van der Waals surface area contributed by atoms with Crippen LogP contribution in [0.5, 0.6) is 0 Å². The molecule has 2 fully saturated rings. The summed E-state index contributed by atoms with van der Waals surface area (Å²) in [4.78, 5) is 42.6. The maximum absolute atomic E-state index is 12.8. The highest BCUT2D eigenvalue weighted by atomic mass is 16.2. The number of carbonyl (C=O) groups is 1. The summed E-state index contributed by atoms with van der Waals surface area (Å²) in [5.41, 5.74) is 2.86. The molecule has 2 aliphatic rings. The van der Waals surface area contributed by atoms with Crippen molar-refractivity contribution in [3.63, 3.8) is 0 Å². The number of amides is 1. The van der Waals surface area contributed by atoms with Crippen molar-refractivity contribution in [1.29, 1.82) is 0 Å². The zero-order valence-corrected chi connectivity index (χ0v) is 19.6. The molecule has 0 spiro atoms. The SMILES string of the molecule is Cc1ccc(Nc2cc(N3CCN(C(=O)Cn4cnc(C5CC5)cc4=O)CC3)nc(C)n2)cc1. The van der Waals surface area contributed by atoms with Crippen molar-refractivity contribution >= 4 is 23.2 Å². The first-order chi connectivity index (χ1) is 16.4. The Labute approximate surface area is 198 Å². The van der Waals surface area contributed by atoms with E-state index in [1.807, 2.05) is 25.1 Å². The van der Waals surface area contributed by atoms with E-state index < -0.39 is 0 Å². The minimum Gasteiger partial charge on any atom is -0.353 e. The lowest BCUT2D eigenvalue weighted by molar-refractivity contribution is -0.132. The van der Waals surface area contributed by atoms with Crippen molar-refractivity contribution in [2.24, 2.45) is 0 Å². The van der Waals surface area contributed by atoms with Crippen LogP contribution in [-0.2, 0) is 11.3 Å². The van der Waals surface area contributed by atoms with Gasteiger partial charge in [0.1, 0.15) is 24.0 Å². The monoisotopic (exact) mass is 459 g/mol. The average molecular weight is 460 g/mol. The van der Waals surface area contributed by atoms with Crippen molar-refractivity contribution in [2.45, 2.75) is 39.2 Å². The van der Waals surface area contributed by atoms with Crippen LogP contribution in [0.4, 0.5) is 17.3 Å². The van der Waals surface area contributed by atoms with Gasteiger partial charge in [-0.2, -0.15) is 0 Å². The van der Waals surface area contributed by atoms with Crippen molar-refractivity contribution in [1.82, 2.24) is 24.4 Å². The molecule has 3 aromatic rings. The van der Waals surface area contributed by atoms with Crippen molar-refractivity contribution in [3.8, 4) is 0 Å². The number of aryl methyl sites for hydroxylation is 2. The molecule has 1 aliphatic heterocycles. The van der Waals surface area contributed by atoms with Gasteiger partial charge in [-0.15, -0.1) is 0 Å². The first kappa shape index (κ1) is 22.1. The number of hydrogen-bond donors (Lipinski definition) is 1. The normalized spacial score (nSPS) is 15.9. The summed E-state index contributed by atoms with van der Waals surface area (Å²) >= 11 is 0. The standard InChI is InChI=1S/C25H29N7O2/c1-17-3-7-20(8-4-17)29-22-14-23(28-18(2)27-22)30-9-11-31(12-10-30)25(34)15-32-16-26-21(13-24(32)33)19-5-6-19/h3-4,7-8,13-14,16,19H,5-6,9-12,15H2,1-2H3,(H,27,28,29). The Morgan fingerprint density at radius 1 is 1.03 bits per heavy atom. The van der Waals surface area contributed by atoms with Crippen molar-refractivity contribution in [3.05, 3.63) is 70.2 Å². The largest absolute Gasteiger partial charge is 0.353 e. The first-order valence-corrected chi connectivity index (χ1v) is 11.7. The fraction of sp³-hybridized carbons (Fsp3) is 0.400. The Morgan fingerprint density at radius 2 is 1.76 bits per heavy atom. The number of anilines is 3. The maximum Gasteiger partial charge on any atom is 0.254 e. The van der Waals surface area contributed by atoms with E-state index in [0.717, 1.165) is 35.9 Å². The van der Waals surface area contributed by atoms with Gasteiger partial charge in [0.25, 0.3) is 5.56 Å². The van der Waals surface area contributed by atoms with E-state index in [0.29, 0.717) is 37.9 Å². The summed E-state index contributed by atoms with van der Waals surface area (Å²) in [7, 11) is 0. The number of benzene rings is 1. The molecule has 0 bridgehead atoms. The summed E-state index contributed by atoms with van der Waals surface area (Å²) < 4.78 is 1.40. The summed E-state index contributed by atoms with van der Waals surface area (Å²) in [6.07, 6.45) is 3.69. The van der Waals surface area contributed by atoms with Crippen LogP contribution >= 0.6 is 0 Å². The molecule has 0 atom stereocenters. The molecular weight excluding hydrogens is 430 g/mol. The van der Waals surface area contributed by atoms with Crippen LogP contribution in [0.2, 0.25) is 0 Å². The average Bonchev–Trinajstić information content (AvgIpc) is 3.67. The predicted octanol–water partition coefficient (Wildman–Crippen LogP) is 2.62. The molecule has 1 aromatic carbocycles. The Bertz CT molecular complexity index is 1240. The highest BCUT2D eigenvalue weighted by molar-refractivity contribution is 5.76. The van der Waals surface area contributed by atoms with Gasteiger partial charge in [0.2, 0.25) is 5.91 Å². The number of aromatic nitrogens is 4. The minimum absolute atomic E-state index is 0.0218. The lowest BCUT2D eigenvalue weighted by Crippen LogP contribution is -2.50. The molecule has 9 heteroatoms. The second kappa shape index (κ2) is 9.24. The third-order valence-corrected chi connectivity index (χ3v) is 6.31. The molecular formula is C25H29N7O2. The fourth-order valence-electron chi connectivity index (χ4n) is 4.15. The molecule has 0 unspecified atom stereocenters. The van der Waals surface area contributed by atoms with Gasteiger partial charge in [-0.1, -0.05) is 17.7 Å². The van der Waals surface area contributed by atoms with Crippen LogP contribution in [0, 0.1) is 13.8 Å². The van der Waals surface area contributed by atoms with Crippen molar-refractivity contribution < 1.29 is 4.79 Å². The number of nitrogens with zero attached hydrogens (tertiary/aromatic N) is 6. The minimum atomic E-state index is -0.158. The summed E-state index contributed by atoms with van der Waals surface area (Å²) in [6.45, 7) is 6.44. The molecule has 5 rings (SSSR count). The second-order valence-electron chi connectivity index (χ2n) is 9.07. The molecule has 0 radical (unpaired) electrons. The van der Waals surface area contributed by atoms with Crippen LogP contribution < -0.4 is 15.8 Å². The maximum atomic E-state index is 12.8. The Morgan fingerprint density at radius 3 is 2.44 bits per heavy atom. The van der Waals surface area contributed by atoms with E-state index in [2.05, 4.69) is 44.2 Å². The van der Waals surface area contributed by atoms with E-state index in [-0.39, 0.29) is 18.0 Å². The quantitative estimate of drug-likeness (QED) is 0.605. The molecule has 1 amide bonds. The van der Waals surface area contributed by atoms with Gasteiger partial charge in [0, 0.05) is 49.9 Å². The van der Waals surface area contributed by atoms with E-state index in [1.54, 1.807) is 11.0 Å². The van der Waals surface area contributed by atoms with Crippen LogP contribution in [0.25, 0.3) is 0 Å². The molecule has 9 nitrogen and oxygen atoms in total. The Hall–Kier alpha value is -3.75. The van der Waals surface area contributed by atoms with Gasteiger partial charge in [-0.05, 0) is 38.8 Å². The number of carbonyl (C=O) groups excluding carboxylic acids is 1. The molecule has 1 N–H and O–H groups in total. The molecule has 2 aromatic heterocycles. The third kappa shape index (κ3) is 5.08. The molecule has 176 valence electrons. The van der Waals surface area contributed by atoms with Crippen LogP contribution in [-0.4, -0.2) is 56.5 Å². The predicted molar refractivity (Wildman–Crippen MR) is 130 cm³/mol. The number of rotatable bonds is 6. The van der Waals surface area contributed by atoms with E-state index in [1.165, 1.54) is 16.5 Å². The van der Waals surface area contributed by atoms with Gasteiger partial charge < -0.3 is 15.1 Å². The van der Waals surface area contributed by atoms with Crippen molar-refractivity contribution in [2.75, 3.05) is 36.4 Å². The first-order valence-electron chi connectivity index (χ1n) is 11.7. The van der Waals surface area contributed by atoms with Crippen LogP contribution in [0.3, 0.4) is 0 Å². The molecule has 1 saturated carbocycles. The zero-order chi connectivity index (χ0) is 23.7. The lowest BCUT2D eigenvalue weighted by atomic mass is 10.2. The van der Waals surface area contributed by atoms with Gasteiger partial charge in [-0.25, -0.2) is 15.0 Å². The third-order valence-electron chi connectivity index (χ3n) is 6.31. The zero-order valence-electron chi connectivity index (χ0n) is 19.6. The van der Waals surface area contributed by atoms with Crippen LogP contribution in [0.1, 0.15) is 35.8 Å². The fourth-order valence-corrected chi connectivity index (χ4v) is 4.15. The number of nitrogens with one attached hydrogen (secondary N) is 1. The molecule has 1 saturated heterocycles. The Balaban J connectivity index is 1.20. The summed E-state index contributed by atoms with van der Waals surface area (Å²) in [5.74, 6) is 2.62. The van der Waals surface area contributed by atoms with E-state index in [4.69, 9.17) is 0 Å². The second-order valence-corrected chi connectivity index (χ2v) is 9.07. The molecule has 34 heavy (non-hydrogen) atoms. The topological polar surface area (TPSA) is 96.2 Å². The highest BCUT2D eigenvalue weighted by Gasteiger charge is 2.26. The number of piperazine rings is 1. The number of hydrogen-bond acceptors (Lipinski definition) is 7. The molecule has 3 heterocycles. The smallest absolute Gasteiger partial charge is 0.254 e. The molecule has 1 aliphatic carbocycles.